The van der Waals surface area contributed by atoms with Crippen molar-refractivity contribution in [3.63, 3.8) is 0 Å². The van der Waals surface area contributed by atoms with E-state index in [-0.39, 0.29) is 6.10 Å². The molecule has 1 aliphatic heterocycles. The molecular weight excluding hydrogens is 150 g/mol. The molecule has 1 aliphatic rings. The molecule has 1 fully saturated rings. The maximum Gasteiger partial charge on any atom is 0.0567 e. The highest BCUT2D eigenvalue weighted by Crippen LogP contribution is 2.17. The van der Waals surface area contributed by atoms with Crippen LogP contribution >= 0.6 is 0 Å². The number of hydrogen-bond acceptors (Lipinski definition) is 2. The van der Waals surface area contributed by atoms with Gasteiger partial charge in [-0.1, -0.05) is 12.2 Å². The third-order valence-electron chi connectivity index (χ3n) is 2.46. The van der Waals surface area contributed by atoms with Crippen LogP contribution in [0.25, 0.3) is 0 Å². The minimum atomic E-state index is -0.0821. The minimum absolute atomic E-state index is 0.0821. The molecule has 12 heavy (non-hydrogen) atoms. The molecule has 2 atom stereocenters. The van der Waals surface area contributed by atoms with Crippen molar-refractivity contribution in [2.75, 3.05) is 13.1 Å². The van der Waals surface area contributed by atoms with E-state index in [1.807, 2.05) is 0 Å². The van der Waals surface area contributed by atoms with E-state index in [2.05, 4.69) is 25.3 Å². The lowest BCUT2D eigenvalue weighted by atomic mass is 10.0. The zero-order chi connectivity index (χ0) is 9.14. The lowest BCUT2D eigenvalue weighted by Crippen LogP contribution is -2.43. The van der Waals surface area contributed by atoms with Gasteiger partial charge in [0.15, 0.2) is 0 Å². The Hall–Kier alpha value is -0.340. The average molecular weight is 169 g/mol. The first kappa shape index (κ1) is 9.75. The molecule has 0 aromatic carbocycles. The van der Waals surface area contributed by atoms with Crippen LogP contribution < -0.4 is 0 Å². The van der Waals surface area contributed by atoms with E-state index in [4.69, 9.17) is 0 Å². The predicted molar refractivity (Wildman–Crippen MR) is 51.1 cm³/mol. The molecule has 0 saturated carbocycles. The summed E-state index contributed by atoms with van der Waals surface area (Å²) in [5.74, 6) is 0. The lowest BCUT2D eigenvalue weighted by Gasteiger charge is -2.35. The summed E-state index contributed by atoms with van der Waals surface area (Å²) in [4.78, 5) is 2.38. The fourth-order valence-electron chi connectivity index (χ4n) is 1.78. The maximum atomic E-state index is 9.38. The van der Waals surface area contributed by atoms with Gasteiger partial charge in [-0.05, 0) is 26.7 Å². The van der Waals surface area contributed by atoms with Gasteiger partial charge in [-0.2, -0.15) is 0 Å². The van der Waals surface area contributed by atoms with E-state index in [9.17, 15) is 5.11 Å². The van der Waals surface area contributed by atoms with Gasteiger partial charge >= 0.3 is 0 Å². The molecule has 0 aromatic heterocycles. The fourth-order valence-corrected chi connectivity index (χ4v) is 1.78. The van der Waals surface area contributed by atoms with Gasteiger partial charge in [0.2, 0.25) is 0 Å². The first-order valence-electron chi connectivity index (χ1n) is 4.66. The maximum absolute atomic E-state index is 9.38. The zero-order valence-corrected chi connectivity index (χ0v) is 8.08. The molecule has 2 heteroatoms. The highest BCUT2D eigenvalue weighted by atomic mass is 16.3. The lowest BCUT2D eigenvalue weighted by molar-refractivity contribution is 0.0534. The molecule has 1 rings (SSSR count). The molecular formula is C10H19NO. The van der Waals surface area contributed by atoms with E-state index < -0.39 is 0 Å². The van der Waals surface area contributed by atoms with Gasteiger partial charge in [-0.15, -0.1) is 0 Å². The minimum Gasteiger partial charge on any atom is -0.393 e. The largest absolute Gasteiger partial charge is 0.393 e. The number of piperidine rings is 1. The summed E-state index contributed by atoms with van der Waals surface area (Å²) < 4.78 is 0. The molecule has 70 valence electrons. The molecule has 0 aliphatic carbocycles. The summed E-state index contributed by atoms with van der Waals surface area (Å²) in [6, 6.07) is 0.505. The number of hydrogen-bond donors (Lipinski definition) is 1. The molecule has 1 heterocycles. The van der Waals surface area contributed by atoms with Crippen LogP contribution in [-0.2, 0) is 0 Å². The van der Waals surface area contributed by atoms with Crippen LogP contribution in [0.15, 0.2) is 12.2 Å². The molecule has 0 bridgehead atoms. The van der Waals surface area contributed by atoms with Crippen LogP contribution in [0.2, 0.25) is 0 Å². The van der Waals surface area contributed by atoms with Gasteiger partial charge < -0.3 is 5.11 Å². The monoisotopic (exact) mass is 169 g/mol. The van der Waals surface area contributed by atoms with Gasteiger partial charge in [-0.3, -0.25) is 4.90 Å². The van der Waals surface area contributed by atoms with Gasteiger partial charge in [0.25, 0.3) is 0 Å². The second-order valence-electron chi connectivity index (χ2n) is 3.95. The topological polar surface area (TPSA) is 23.5 Å². The standard InChI is InChI=1S/C10H19NO/c1-8(2)7-11-5-4-10(12)6-9(11)3/h9-10,12H,1,4-7H2,2-3H3. The third-order valence-corrected chi connectivity index (χ3v) is 2.46. The third kappa shape index (κ3) is 2.61. The van der Waals surface area contributed by atoms with Crippen molar-refractivity contribution in [3.8, 4) is 0 Å². The number of likely N-dealkylation sites (tertiary alicyclic amines) is 1. The Morgan fingerprint density at radius 1 is 1.67 bits per heavy atom. The Morgan fingerprint density at radius 3 is 2.83 bits per heavy atom. The number of aliphatic hydroxyl groups is 1. The summed E-state index contributed by atoms with van der Waals surface area (Å²) in [6.45, 7) is 10.1. The molecule has 2 unspecified atom stereocenters. The fraction of sp³-hybridized carbons (Fsp3) is 0.800. The van der Waals surface area contributed by atoms with E-state index in [1.165, 1.54) is 5.57 Å². The van der Waals surface area contributed by atoms with Crippen molar-refractivity contribution >= 4 is 0 Å². The second-order valence-corrected chi connectivity index (χ2v) is 3.95. The summed E-state index contributed by atoms with van der Waals surface area (Å²) in [5.41, 5.74) is 1.21. The summed E-state index contributed by atoms with van der Waals surface area (Å²) in [5, 5.41) is 9.38. The first-order chi connectivity index (χ1) is 5.59. The van der Waals surface area contributed by atoms with Crippen molar-refractivity contribution in [1.29, 1.82) is 0 Å². The van der Waals surface area contributed by atoms with Crippen LogP contribution in [0.1, 0.15) is 26.7 Å². The van der Waals surface area contributed by atoms with Crippen molar-refractivity contribution in [2.24, 2.45) is 0 Å². The van der Waals surface area contributed by atoms with Crippen LogP contribution in [0, 0.1) is 0 Å². The van der Waals surface area contributed by atoms with Crippen molar-refractivity contribution < 1.29 is 5.11 Å². The van der Waals surface area contributed by atoms with Gasteiger partial charge in [0, 0.05) is 19.1 Å². The van der Waals surface area contributed by atoms with Crippen LogP contribution in [0.5, 0.6) is 0 Å². The smallest absolute Gasteiger partial charge is 0.0567 e. The summed E-state index contributed by atoms with van der Waals surface area (Å²) in [7, 11) is 0. The van der Waals surface area contributed by atoms with Crippen molar-refractivity contribution in [1.82, 2.24) is 4.90 Å². The van der Waals surface area contributed by atoms with Gasteiger partial charge in [-0.25, -0.2) is 0 Å². The van der Waals surface area contributed by atoms with Crippen LogP contribution in [0.3, 0.4) is 0 Å². The normalized spacial score (nSPS) is 31.9. The Morgan fingerprint density at radius 2 is 2.33 bits per heavy atom. The predicted octanol–water partition coefficient (Wildman–Crippen LogP) is 1.41. The second kappa shape index (κ2) is 4.06. The van der Waals surface area contributed by atoms with Gasteiger partial charge in [0.1, 0.15) is 0 Å². The summed E-state index contributed by atoms with van der Waals surface area (Å²) >= 11 is 0. The number of rotatable bonds is 2. The molecule has 0 spiro atoms. The Bertz CT molecular complexity index is 167. The quantitative estimate of drug-likeness (QED) is 0.632. The van der Waals surface area contributed by atoms with Gasteiger partial charge in [0.05, 0.1) is 6.10 Å². The Balaban J connectivity index is 2.39. The highest BCUT2D eigenvalue weighted by Gasteiger charge is 2.23. The first-order valence-corrected chi connectivity index (χ1v) is 4.66. The van der Waals surface area contributed by atoms with E-state index in [0.717, 1.165) is 25.9 Å². The van der Waals surface area contributed by atoms with E-state index in [0.29, 0.717) is 6.04 Å². The van der Waals surface area contributed by atoms with Crippen molar-refractivity contribution in [2.45, 2.75) is 38.8 Å². The molecule has 0 aromatic rings. The zero-order valence-electron chi connectivity index (χ0n) is 8.08. The Labute approximate surface area is 74.9 Å². The number of aliphatic hydroxyl groups excluding tert-OH is 1. The molecule has 0 radical (unpaired) electrons. The van der Waals surface area contributed by atoms with Crippen LogP contribution in [0.4, 0.5) is 0 Å². The van der Waals surface area contributed by atoms with Crippen molar-refractivity contribution in [3.05, 3.63) is 12.2 Å². The van der Waals surface area contributed by atoms with E-state index >= 15 is 0 Å². The average Bonchev–Trinajstić information content (AvgIpc) is 1.94. The SMILES string of the molecule is C=C(C)CN1CCC(O)CC1C. The Kier molecular flexibility index (Phi) is 3.29. The van der Waals surface area contributed by atoms with E-state index in [1.54, 1.807) is 0 Å². The highest BCUT2D eigenvalue weighted by molar-refractivity contribution is 4.94. The summed E-state index contributed by atoms with van der Waals surface area (Å²) in [6.07, 6.45) is 1.74. The molecule has 0 amide bonds. The molecule has 1 saturated heterocycles. The number of nitrogens with zero attached hydrogens (tertiary/aromatic N) is 1. The molecule has 2 nitrogen and oxygen atoms in total. The van der Waals surface area contributed by atoms with Crippen LogP contribution in [-0.4, -0.2) is 35.2 Å². The molecule has 1 N–H and O–H groups in total.